The van der Waals surface area contributed by atoms with Crippen LogP contribution >= 0.6 is 0 Å². The van der Waals surface area contributed by atoms with Crippen molar-refractivity contribution in [2.24, 2.45) is 0 Å². The van der Waals surface area contributed by atoms with Gasteiger partial charge in [0, 0.05) is 0 Å². The van der Waals surface area contributed by atoms with Gasteiger partial charge in [0.1, 0.15) is 0 Å². The van der Waals surface area contributed by atoms with Crippen molar-refractivity contribution < 1.29 is 28.4 Å². The predicted molar refractivity (Wildman–Crippen MR) is 498 cm³/mol. The fraction of sp³-hybridized carbons (Fsp3) is 0.667. The van der Waals surface area contributed by atoms with Gasteiger partial charge in [0.2, 0.25) is 11.5 Å². The van der Waals surface area contributed by atoms with Crippen LogP contribution in [0.15, 0.2) is 121 Å². The Bertz CT molecular complexity index is 2870. The lowest BCUT2D eigenvalue weighted by atomic mass is 9.96. The van der Waals surface area contributed by atoms with Crippen molar-refractivity contribution in [2.75, 3.05) is 39.6 Å². The molecule has 0 aliphatic heterocycles. The van der Waals surface area contributed by atoms with E-state index in [-0.39, 0.29) is 0 Å². The maximum atomic E-state index is 6.83. The Hall–Kier alpha value is -5.88. The topological polar surface area (TPSA) is 55.4 Å². The third kappa shape index (κ3) is 43.5. The normalized spacial score (nSPS) is 11.5. The van der Waals surface area contributed by atoms with Crippen molar-refractivity contribution in [3.05, 3.63) is 121 Å². The summed E-state index contributed by atoms with van der Waals surface area (Å²) in [7, 11) is 0. The Morgan fingerprint density at radius 1 is 0.132 bits per heavy atom. The molecule has 6 rings (SSSR count). The van der Waals surface area contributed by atoms with Gasteiger partial charge in [-0.05, 0) is 118 Å². The van der Waals surface area contributed by atoms with Crippen LogP contribution in [-0.4, -0.2) is 39.6 Å². The van der Waals surface area contributed by atoms with E-state index in [2.05, 4.69) is 163 Å². The van der Waals surface area contributed by atoms with E-state index in [0.29, 0.717) is 39.6 Å². The fourth-order valence-electron chi connectivity index (χ4n) is 16.2. The third-order valence-corrected chi connectivity index (χ3v) is 23.8. The highest BCUT2D eigenvalue weighted by Crippen LogP contribution is 2.45. The van der Waals surface area contributed by atoms with Gasteiger partial charge < -0.3 is 28.4 Å². The quantitative estimate of drug-likeness (QED) is 0.0355. The summed E-state index contributed by atoms with van der Waals surface area (Å²) in [5.74, 6) is 4.85. The lowest BCUT2D eigenvalue weighted by Gasteiger charge is -2.19. The molecule has 0 aliphatic rings. The van der Waals surface area contributed by atoms with Crippen molar-refractivity contribution >= 4 is 0 Å². The van der Waals surface area contributed by atoms with E-state index in [1.165, 1.54) is 380 Å². The smallest absolute Gasteiger partial charge is 0.203 e. The largest absolute Gasteiger partial charge is 0.490 e. The Labute approximate surface area is 702 Å². The highest BCUT2D eigenvalue weighted by Gasteiger charge is 2.20. The number of unbranched alkanes of at least 4 members (excludes halogenated alkanes) is 54. The summed E-state index contributed by atoms with van der Waals surface area (Å²) in [6.07, 6.45) is 77.9. The SMILES string of the molecule is CCCCCCCCCCCCOc1cc(-c2ccc(-c3ccc(-c4ccc(-c5ccc(-c6cc(OCCCCCCCCCCCC)c(OCCCCCCCCCCCC)c(OCCCCCCCCCCCC)c6)cc5)cc4)cc3)cc2)cc(OCCCCCCCCCCCC)c1OCCCCCCCCCCCC. The molecular weight excluding hydrogens is 1390 g/mol. The fourth-order valence-corrected chi connectivity index (χ4v) is 16.2. The highest BCUT2D eigenvalue weighted by molar-refractivity contribution is 5.78. The molecule has 0 saturated heterocycles. The van der Waals surface area contributed by atoms with Gasteiger partial charge in [-0.1, -0.05) is 485 Å². The first-order valence-corrected chi connectivity index (χ1v) is 49.0. The summed E-state index contributed by atoms with van der Waals surface area (Å²) in [6, 6.07) is 45.3. The first-order chi connectivity index (χ1) is 56.5. The summed E-state index contributed by atoms with van der Waals surface area (Å²) in [4.78, 5) is 0. The van der Waals surface area contributed by atoms with Crippen molar-refractivity contribution in [2.45, 2.75) is 427 Å². The average molecular weight is 1560 g/mol. The van der Waals surface area contributed by atoms with Crippen molar-refractivity contribution in [1.82, 2.24) is 0 Å². The van der Waals surface area contributed by atoms with Gasteiger partial charge in [-0.15, -0.1) is 0 Å². The second kappa shape index (κ2) is 67.1. The number of hydrogen-bond acceptors (Lipinski definition) is 6. The molecule has 6 nitrogen and oxygen atoms in total. The zero-order valence-corrected chi connectivity index (χ0v) is 74.7. The molecule has 0 N–H and O–H groups in total. The molecule has 6 aromatic carbocycles. The average Bonchev–Trinajstić information content (AvgIpc) is 0.806. The molecular formula is C108H170O6. The zero-order chi connectivity index (χ0) is 80.3. The van der Waals surface area contributed by atoms with Crippen LogP contribution in [0.1, 0.15) is 427 Å². The molecule has 0 fully saturated rings. The van der Waals surface area contributed by atoms with Gasteiger partial charge in [0.25, 0.3) is 0 Å². The molecule has 0 radical (unpaired) electrons. The minimum atomic E-state index is 0.674. The molecule has 0 spiro atoms. The Morgan fingerprint density at radius 3 is 0.386 bits per heavy atom. The van der Waals surface area contributed by atoms with Crippen LogP contribution in [0.3, 0.4) is 0 Å². The molecule has 6 aromatic rings. The molecule has 0 saturated carbocycles. The van der Waals surface area contributed by atoms with Gasteiger partial charge >= 0.3 is 0 Å². The van der Waals surface area contributed by atoms with Crippen LogP contribution in [-0.2, 0) is 0 Å². The lowest BCUT2D eigenvalue weighted by Crippen LogP contribution is -2.07. The first-order valence-electron chi connectivity index (χ1n) is 49.0. The third-order valence-electron chi connectivity index (χ3n) is 23.8. The Morgan fingerprint density at radius 2 is 0.246 bits per heavy atom. The monoisotopic (exact) mass is 1560 g/mol. The van der Waals surface area contributed by atoms with Crippen LogP contribution in [0.2, 0.25) is 0 Å². The summed E-state index contributed by atoms with van der Waals surface area (Å²) in [5.41, 5.74) is 11.7. The van der Waals surface area contributed by atoms with Crippen LogP contribution in [0.4, 0.5) is 0 Å². The Kier molecular flexibility index (Phi) is 57.0. The van der Waals surface area contributed by atoms with E-state index in [9.17, 15) is 0 Å². The van der Waals surface area contributed by atoms with E-state index >= 15 is 0 Å². The van der Waals surface area contributed by atoms with Gasteiger partial charge in [-0.25, -0.2) is 0 Å². The van der Waals surface area contributed by atoms with E-state index in [4.69, 9.17) is 28.4 Å². The lowest BCUT2D eigenvalue weighted by molar-refractivity contribution is 0.234. The minimum absolute atomic E-state index is 0.674. The van der Waals surface area contributed by atoms with E-state index in [1.807, 2.05) is 0 Å². The summed E-state index contributed by atoms with van der Waals surface area (Å²) in [6.45, 7) is 17.9. The maximum absolute atomic E-state index is 6.83. The van der Waals surface area contributed by atoms with Gasteiger partial charge in [-0.2, -0.15) is 0 Å². The molecule has 0 aromatic heterocycles. The maximum Gasteiger partial charge on any atom is 0.203 e. The molecule has 638 valence electrons. The molecule has 114 heavy (non-hydrogen) atoms. The second-order valence-corrected chi connectivity index (χ2v) is 34.1. The molecule has 0 aliphatic carbocycles. The summed E-state index contributed by atoms with van der Waals surface area (Å²) in [5, 5.41) is 0. The molecule has 0 heterocycles. The van der Waals surface area contributed by atoms with E-state index in [0.717, 1.165) is 95.3 Å². The van der Waals surface area contributed by atoms with Crippen molar-refractivity contribution in [1.29, 1.82) is 0 Å². The van der Waals surface area contributed by atoms with Crippen LogP contribution in [0, 0.1) is 0 Å². The number of benzene rings is 6. The Balaban J connectivity index is 1.15. The first kappa shape index (κ1) is 97.0. The predicted octanol–water partition coefficient (Wildman–Crippen LogP) is 35.8. The zero-order valence-electron chi connectivity index (χ0n) is 74.7. The van der Waals surface area contributed by atoms with Crippen LogP contribution in [0.25, 0.3) is 55.6 Å². The minimum Gasteiger partial charge on any atom is -0.490 e. The molecule has 0 atom stereocenters. The van der Waals surface area contributed by atoms with E-state index < -0.39 is 0 Å². The molecule has 6 heteroatoms. The summed E-state index contributed by atoms with van der Waals surface area (Å²) >= 11 is 0. The highest BCUT2D eigenvalue weighted by atomic mass is 16.5. The second-order valence-electron chi connectivity index (χ2n) is 34.1. The summed E-state index contributed by atoms with van der Waals surface area (Å²) < 4.78 is 41.0. The molecule has 0 bridgehead atoms. The van der Waals surface area contributed by atoms with E-state index in [1.54, 1.807) is 0 Å². The van der Waals surface area contributed by atoms with Crippen LogP contribution in [0.5, 0.6) is 34.5 Å². The van der Waals surface area contributed by atoms with Gasteiger partial charge in [0.15, 0.2) is 23.0 Å². The standard InChI is InChI=1S/C108H170O6/c1-7-13-19-25-31-37-43-49-55-61-83-109-103-89-101(90-104(110-84-62-56-50-44-38-32-26-20-14-8-2)107(103)113-87-65-59-53-47-41-35-29-23-17-11-5)99-79-75-97(76-80-99)95-71-67-93(68-72-95)94-69-73-96(74-70-94)98-77-81-100(82-78-98)102-91-105(111-85-63-57-51-45-39-33-27-21-15-9-3)108(114-88-66-60-54-48-42-36-30-24-18-12-6)106(92-102)112-86-64-58-52-46-40-34-28-22-16-10-4/h67-82,89-92H,7-66,83-88H2,1-6H3. The number of ether oxygens (including phenoxy) is 6. The van der Waals surface area contributed by atoms with Crippen molar-refractivity contribution in [3.8, 4) is 90.1 Å². The molecule has 0 unspecified atom stereocenters. The van der Waals surface area contributed by atoms with Crippen LogP contribution < -0.4 is 28.4 Å². The number of hydrogen-bond donors (Lipinski definition) is 0. The van der Waals surface area contributed by atoms with Crippen molar-refractivity contribution in [3.63, 3.8) is 0 Å². The molecule has 0 amide bonds. The number of rotatable bonds is 77. The van der Waals surface area contributed by atoms with Gasteiger partial charge in [0.05, 0.1) is 39.6 Å². The van der Waals surface area contributed by atoms with Gasteiger partial charge in [-0.3, -0.25) is 0 Å².